The van der Waals surface area contributed by atoms with Gasteiger partial charge in [-0.3, -0.25) is 0 Å². The fourth-order valence-electron chi connectivity index (χ4n) is 1.76. The van der Waals surface area contributed by atoms with Crippen LogP contribution in [0.2, 0.25) is 0 Å². The van der Waals surface area contributed by atoms with Gasteiger partial charge in [-0.2, -0.15) is 0 Å². The monoisotopic (exact) mass is 312 g/mol. The molecule has 0 aromatic carbocycles. The molecule has 0 aliphatic carbocycles. The van der Waals surface area contributed by atoms with Gasteiger partial charge in [-0.05, 0) is 18.9 Å². The number of aliphatic hydroxyl groups excluding tert-OH is 2. The fraction of sp³-hybridized carbons (Fsp3) is 0.636. The lowest BCUT2D eigenvalue weighted by atomic mass is 9.90. The zero-order valence-corrected chi connectivity index (χ0v) is 12.2. The Bertz CT molecular complexity index is 307. The molecule has 6 N–H and O–H groups in total. The standard InChI is InChI=1S/C11H20N4O2.2ClH/c12-9(5-16)3-8(4-10(13)6-17)11-1-2-14-7-15-11;;/h1-2,7-10,16-17H,3-6,12-13H2;2*1H. The second-order valence-corrected chi connectivity index (χ2v) is 4.19. The van der Waals surface area contributed by atoms with E-state index in [-0.39, 0.29) is 56.0 Å². The number of aliphatic hydroxyl groups is 2. The Morgan fingerprint density at radius 1 is 1.05 bits per heavy atom. The highest BCUT2D eigenvalue weighted by atomic mass is 35.5. The first-order valence-electron chi connectivity index (χ1n) is 5.66. The Kier molecular flexibility index (Phi) is 12.4. The first kappa shape index (κ1) is 20.8. The van der Waals surface area contributed by atoms with Crippen molar-refractivity contribution in [3.63, 3.8) is 0 Å². The molecule has 0 bridgehead atoms. The van der Waals surface area contributed by atoms with E-state index in [2.05, 4.69) is 9.97 Å². The van der Waals surface area contributed by atoms with Crippen LogP contribution in [0.1, 0.15) is 24.5 Å². The van der Waals surface area contributed by atoms with Crippen LogP contribution >= 0.6 is 24.8 Å². The van der Waals surface area contributed by atoms with E-state index in [9.17, 15) is 0 Å². The van der Waals surface area contributed by atoms with Crippen molar-refractivity contribution < 1.29 is 10.2 Å². The summed E-state index contributed by atoms with van der Waals surface area (Å²) in [4.78, 5) is 8.02. The predicted octanol–water partition coefficient (Wildman–Crippen LogP) is -0.177. The zero-order valence-electron chi connectivity index (χ0n) is 10.6. The van der Waals surface area contributed by atoms with Crippen LogP contribution in [0.5, 0.6) is 0 Å². The third-order valence-corrected chi connectivity index (χ3v) is 2.67. The summed E-state index contributed by atoms with van der Waals surface area (Å²) in [5.74, 6) is 0.0299. The smallest absolute Gasteiger partial charge is 0.115 e. The van der Waals surface area contributed by atoms with Crippen molar-refractivity contribution in [1.82, 2.24) is 9.97 Å². The number of aromatic nitrogens is 2. The molecule has 112 valence electrons. The molecule has 0 aliphatic heterocycles. The molecule has 1 aromatic rings. The van der Waals surface area contributed by atoms with E-state index < -0.39 is 0 Å². The van der Waals surface area contributed by atoms with E-state index in [1.807, 2.05) is 0 Å². The van der Waals surface area contributed by atoms with Crippen LogP contribution in [0, 0.1) is 0 Å². The third-order valence-electron chi connectivity index (χ3n) is 2.67. The van der Waals surface area contributed by atoms with Gasteiger partial charge in [0, 0.05) is 29.9 Å². The number of halogens is 2. The van der Waals surface area contributed by atoms with Gasteiger partial charge in [0.05, 0.1) is 13.2 Å². The van der Waals surface area contributed by atoms with Crippen molar-refractivity contribution >= 4 is 24.8 Å². The zero-order chi connectivity index (χ0) is 12.7. The van der Waals surface area contributed by atoms with E-state index in [1.165, 1.54) is 6.33 Å². The Labute approximate surface area is 125 Å². The molecule has 0 radical (unpaired) electrons. The Morgan fingerprint density at radius 2 is 1.58 bits per heavy atom. The average molecular weight is 313 g/mol. The molecule has 6 nitrogen and oxygen atoms in total. The molecule has 0 spiro atoms. The van der Waals surface area contributed by atoms with E-state index >= 15 is 0 Å². The lowest BCUT2D eigenvalue weighted by Gasteiger charge is -2.21. The van der Waals surface area contributed by atoms with Gasteiger partial charge in [0.2, 0.25) is 0 Å². The normalized spacial score (nSPS) is 14.7. The van der Waals surface area contributed by atoms with Crippen LogP contribution in [-0.4, -0.2) is 45.5 Å². The number of rotatable bonds is 7. The van der Waals surface area contributed by atoms with Crippen molar-refractivity contribution in [3.05, 3.63) is 24.3 Å². The maximum atomic E-state index is 8.98. The minimum atomic E-state index is -0.305. The summed E-state index contributed by atoms with van der Waals surface area (Å²) in [6.07, 6.45) is 4.30. The second kappa shape index (κ2) is 11.3. The summed E-state index contributed by atoms with van der Waals surface area (Å²) in [5, 5.41) is 18.0. The summed E-state index contributed by atoms with van der Waals surface area (Å²) < 4.78 is 0. The van der Waals surface area contributed by atoms with Crippen molar-refractivity contribution in [2.75, 3.05) is 13.2 Å². The lowest BCUT2D eigenvalue weighted by Crippen LogP contribution is -2.32. The van der Waals surface area contributed by atoms with Crippen LogP contribution in [0.15, 0.2) is 18.6 Å². The molecule has 2 atom stereocenters. The minimum absolute atomic E-state index is 0. The molecule has 1 rings (SSSR count). The van der Waals surface area contributed by atoms with Gasteiger partial charge in [-0.1, -0.05) is 0 Å². The predicted molar refractivity (Wildman–Crippen MR) is 78.6 cm³/mol. The number of hydrogen-bond donors (Lipinski definition) is 4. The van der Waals surface area contributed by atoms with E-state index in [1.54, 1.807) is 12.3 Å². The van der Waals surface area contributed by atoms with Gasteiger partial charge in [0.25, 0.3) is 0 Å². The Balaban J connectivity index is 0. The van der Waals surface area contributed by atoms with Crippen LogP contribution in [0.4, 0.5) is 0 Å². The van der Waals surface area contributed by atoms with Crippen LogP contribution in [-0.2, 0) is 0 Å². The van der Waals surface area contributed by atoms with Crippen molar-refractivity contribution in [3.8, 4) is 0 Å². The molecule has 2 unspecified atom stereocenters. The third kappa shape index (κ3) is 7.61. The van der Waals surface area contributed by atoms with Crippen LogP contribution in [0.3, 0.4) is 0 Å². The van der Waals surface area contributed by atoms with Gasteiger partial charge < -0.3 is 21.7 Å². The first-order valence-corrected chi connectivity index (χ1v) is 5.66. The van der Waals surface area contributed by atoms with Gasteiger partial charge in [0.15, 0.2) is 0 Å². The Hall–Kier alpha value is -0.500. The molecule has 0 aliphatic rings. The van der Waals surface area contributed by atoms with Crippen molar-refractivity contribution in [1.29, 1.82) is 0 Å². The SMILES string of the molecule is Cl.Cl.NC(CO)CC(CC(N)CO)c1ccncn1. The molecule has 1 heterocycles. The van der Waals surface area contributed by atoms with Gasteiger partial charge in [0.1, 0.15) is 6.33 Å². The number of hydrogen-bond acceptors (Lipinski definition) is 6. The first-order chi connectivity index (χ1) is 8.17. The molecule has 1 aromatic heterocycles. The second-order valence-electron chi connectivity index (χ2n) is 4.19. The molecule has 0 fully saturated rings. The minimum Gasteiger partial charge on any atom is -0.395 e. The number of nitrogens with zero attached hydrogens (tertiary/aromatic N) is 2. The number of nitrogens with two attached hydrogens (primary N) is 2. The molecule has 0 saturated carbocycles. The van der Waals surface area contributed by atoms with E-state index in [0.29, 0.717) is 12.8 Å². The highest BCUT2D eigenvalue weighted by molar-refractivity contribution is 5.85. The highest BCUT2D eigenvalue weighted by Crippen LogP contribution is 2.23. The molecular formula is C11H22Cl2N4O2. The summed E-state index contributed by atoms with van der Waals surface area (Å²) in [6.45, 7) is -0.147. The maximum Gasteiger partial charge on any atom is 0.115 e. The maximum absolute atomic E-state index is 8.98. The largest absolute Gasteiger partial charge is 0.395 e. The van der Waals surface area contributed by atoms with Gasteiger partial charge in [-0.25, -0.2) is 9.97 Å². The van der Waals surface area contributed by atoms with E-state index in [4.69, 9.17) is 21.7 Å². The van der Waals surface area contributed by atoms with Crippen LogP contribution < -0.4 is 11.5 Å². The van der Waals surface area contributed by atoms with Gasteiger partial charge in [-0.15, -0.1) is 24.8 Å². The molecule has 19 heavy (non-hydrogen) atoms. The summed E-state index contributed by atoms with van der Waals surface area (Å²) in [7, 11) is 0. The molecule has 8 heteroatoms. The van der Waals surface area contributed by atoms with Crippen molar-refractivity contribution in [2.24, 2.45) is 11.5 Å². The fourth-order valence-corrected chi connectivity index (χ4v) is 1.76. The van der Waals surface area contributed by atoms with E-state index in [0.717, 1.165) is 5.69 Å². The summed E-state index contributed by atoms with van der Waals surface area (Å²) in [5.41, 5.74) is 12.3. The highest BCUT2D eigenvalue weighted by Gasteiger charge is 2.19. The summed E-state index contributed by atoms with van der Waals surface area (Å²) >= 11 is 0. The molecular weight excluding hydrogens is 291 g/mol. The van der Waals surface area contributed by atoms with Crippen LogP contribution in [0.25, 0.3) is 0 Å². The molecule has 0 amide bonds. The lowest BCUT2D eigenvalue weighted by molar-refractivity contribution is 0.234. The van der Waals surface area contributed by atoms with Crippen molar-refractivity contribution in [2.45, 2.75) is 30.8 Å². The topological polar surface area (TPSA) is 118 Å². The summed E-state index contributed by atoms with van der Waals surface area (Å²) in [6, 6.07) is 1.19. The quantitative estimate of drug-likeness (QED) is 0.555. The average Bonchev–Trinajstić information content (AvgIpc) is 2.38. The Morgan fingerprint density at radius 3 is 1.95 bits per heavy atom. The van der Waals surface area contributed by atoms with Gasteiger partial charge >= 0.3 is 0 Å². The molecule has 0 saturated heterocycles.